The molecule has 1 N–H and O–H groups in total. The summed E-state index contributed by atoms with van der Waals surface area (Å²) < 4.78 is 10.5. The minimum atomic E-state index is -0.431. The molecular weight excluding hydrogens is 342 g/mol. The van der Waals surface area contributed by atoms with E-state index >= 15 is 0 Å². The average Bonchev–Trinajstić information content (AvgIpc) is 2.69. The van der Waals surface area contributed by atoms with Gasteiger partial charge in [-0.3, -0.25) is 4.79 Å². The van der Waals surface area contributed by atoms with Crippen LogP contribution in [0.5, 0.6) is 5.75 Å². The molecule has 0 atom stereocenters. The molecule has 0 heterocycles. The Balaban J connectivity index is 1.63. The highest BCUT2D eigenvalue weighted by molar-refractivity contribution is 5.89. The van der Waals surface area contributed by atoms with Crippen LogP contribution in [-0.4, -0.2) is 31.6 Å². The van der Waals surface area contributed by atoms with Crippen molar-refractivity contribution in [2.24, 2.45) is 0 Å². The molecule has 142 valence electrons. The number of carbonyl (C=O) groups is 2. The summed E-state index contributed by atoms with van der Waals surface area (Å²) in [5.41, 5.74) is 2.76. The molecule has 0 unspecified atom stereocenters. The topological polar surface area (TPSA) is 64.6 Å². The van der Waals surface area contributed by atoms with Crippen molar-refractivity contribution < 1.29 is 19.1 Å². The van der Waals surface area contributed by atoms with Crippen LogP contribution >= 0.6 is 0 Å². The lowest BCUT2D eigenvalue weighted by Crippen LogP contribution is -2.28. The van der Waals surface area contributed by atoms with E-state index in [9.17, 15) is 9.59 Å². The van der Waals surface area contributed by atoms with E-state index in [-0.39, 0.29) is 12.5 Å². The quantitative estimate of drug-likeness (QED) is 0.397. The van der Waals surface area contributed by atoms with Crippen LogP contribution in [0.1, 0.15) is 27.9 Å². The Labute approximate surface area is 160 Å². The van der Waals surface area contributed by atoms with E-state index in [1.54, 1.807) is 30.3 Å². The van der Waals surface area contributed by atoms with Gasteiger partial charge in [-0.05, 0) is 43.2 Å². The third-order valence-corrected chi connectivity index (χ3v) is 3.88. The molecule has 5 heteroatoms. The number of benzene rings is 2. The Morgan fingerprint density at radius 1 is 1.07 bits per heavy atom. The van der Waals surface area contributed by atoms with Crippen LogP contribution in [0, 0.1) is 6.92 Å². The van der Waals surface area contributed by atoms with E-state index in [0.29, 0.717) is 37.3 Å². The first-order chi connectivity index (χ1) is 13.1. The molecule has 0 bridgehead atoms. The number of nitrogens with one attached hydrogen (secondary N) is 1. The molecule has 2 aromatic carbocycles. The van der Waals surface area contributed by atoms with Crippen LogP contribution in [-0.2, 0) is 16.0 Å². The molecule has 0 radical (unpaired) electrons. The van der Waals surface area contributed by atoms with Crippen LogP contribution in [0.15, 0.2) is 61.2 Å². The van der Waals surface area contributed by atoms with Crippen molar-refractivity contribution in [1.29, 1.82) is 0 Å². The lowest BCUT2D eigenvalue weighted by atomic mass is 10.1. The van der Waals surface area contributed by atoms with Gasteiger partial charge >= 0.3 is 5.97 Å². The van der Waals surface area contributed by atoms with Crippen molar-refractivity contribution in [2.45, 2.75) is 19.8 Å². The molecule has 0 fully saturated rings. The Morgan fingerprint density at radius 2 is 1.78 bits per heavy atom. The zero-order valence-electron chi connectivity index (χ0n) is 15.6. The number of carbonyl (C=O) groups excluding carboxylic acids is 2. The van der Waals surface area contributed by atoms with Crippen molar-refractivity contribution >= 4 is 11.9 Å². The van der Waals surface area contributed by atoms with Gasteiger partial charge in [0, 0.05) is 6.42 Å². The Bertz CT molecular complexity index is 751. The van der Waals surface area contributed by atoms with E-state index in [1.165, 1.54) is 5.56 Å². The summed E-state index contributed by atoms with van der Waals surface area (Å²) in [4.78, 5) is 23.8. The summed E-state index contributed by atoms with van der Waals surface area (Å²) in [7, 11) is 0. The van der Waals surface area contributed by atoms with E-state index in [4.69, 9.17) is 9.47 Å². The van der Waals surface area contributed by atoms with Gasteiger partial charge in [-0.15, -0.1) is 0 Å². The normalized spacial score (nSPS) is 10.1. The molecular formula is C22H25NO4. The first-order valence-corrected chi connectivity index (χ1v) is 8.91. The molecule has 27 heavy (non-hydrogen) atoms. The monoisotopic (exact) mass is 367 g/mol. The van der Waals surface area contributed by atoms with Gasteiger partial charge < -0.3 is 14.8 Å². The number of hydrogen-bond acceptors (Lipinski definition) is 4. The largest absolute Gasteiger partial charge is 0.490 e. The zero-order valence-corrected chi connectivity index (χ0v) is 15.6. The van der Waals surface area contributed by atoms with Gasteiger partial charge in [0.05, 0.1) is 12.1 Å². The fourth-order valence-corrected chi connectivity index (χ4v) is 2.36. The molecule has 0 saturated carbocycles. The van der Waals surface area contributed by atoms with Crippen LogP contribution in [0.4, 0.5) is 0 Å². The lowest BCUT2D eigenvalue weighted by Gasteiger charge is -2.08. The SMILES string of the molecule is C=CCOc1ccc(C(=O)OCCNC(=O)CCc2ccc(C)cc2)cc1. The molecule has 1 amide bonds. The maximum absolute atomic E-state index is 12.0. The highest BCUT2D eigenvalue weighted by atomic mass is 16.5. The molecule has 2 rings (SSSR count). The second kappa shape index (κ2) is 10.8. The van der Waals surface area contributed by atoms with Gasteiger partial charge in [-0.25, -0.2) is 4.79 Å². The van der Waals surface area contributed by atoms with Crippen molar-refractivity contribution in [3.63, 3.8) is 0 Å². The number of hydrogen-bond donors (Lipinski definition) is 1. The summed E-state index contributed by atoms with van der Waals surface area (Å²) in [6.45, 7) is 6.44. The molecule has 0 saturated heterocycles. The lowest BCUT2D eigenvalue weighted by molar-refractivity contribution is -0.121. The molecule has 2 aromatic rings. The van der Waals surface area contributed by atoms with Crippen LogP contribution < -0.4 is 10.1 Å². The maximum Gasteiger partial charge on any atom is 0.338 e. The number of amides is 1. The summed E-state index contributed by atoms with van der Waals surface area (Å²) in [6, 6.07) is 14.8. The first-order valence-electron chi connectivity index (χ1n) is 8.91. The average molecular weight is 367 g/mol. The molecule has 5 nitrogen and oxygen atoms in total. The van der Waals surface area contributed by atoms with Gasteiger partial charge in [0.25, 0.3) is 0 Å². The summed E-state index contributed by atoms with van der Waals surface area (Å²) in [6.07, 6.45) is 2.74. The number of rotatable bonds is 10. The predicted molar refractivity (Wildman–Crippen MR) is 105 cm³/mol. The van der Waals surface area contributed by atoms with Gasteiger partial charge in [0.2, 0.25) is 5.91 Å². The van der Waals surface area contributed by atoms with E-state index in [0.717, 1.165) is 5.56 Å². The van der Waals surface area contributed by atoms with E-state index in [2.05, 4.69) is 11.9 Å². The third kappa shape index (κ3) is 7.36. The van der Waals surface area contributed by atoms with Crippen LogP contribution in [0.25, 0.3) is 0 Å². The predicted octanol–water partition coefficient (Wildman–Crippen LogP) is 3.47. The first kappa shape index (κ1) is 20.2. The highest BCUT2D eigenvalue weighted by Crippen LogP contribution is 2.13. The molecule has 0 aliphatic heterocycles. The summed E-state index contributed by atoms with van der Waals surface area (Å²) in [5.74, 6) is 0.168. The zero-order chi connectivity index (χ0) is 19.5. The number of ether oxygens (including phenoxy) is 2. The standard InChI is InChI=1S/C22H25NO4/c1-3-15-26-20-11-9-19(10-12-20)22(25)27-16-14-23-21(24)13-8-18-6-4-17(2)5-7-18/h3-7,9-12H,1,8,13-16H2,2H3,(H,23,24). The maximum atomic E-state index is 12.0. The van der Waals surface area contributed by atoms with Crippen molar-refractivity contribution in [3.05, 3.63) is 77.9 Å². The molecule has 0 aromatic heterocycles. The van der Waals surface area contributed by atoms with E-state index in [1.807, 2.05) is 31.2 Å². The van der Waals surface area contributed by atoms with Crippen LogP contribution in [0.2, 0.25) is 0 Å². The number of esters is 1. The van der Waals surface area contributed by atoms with Gasteiger partial charge in [-0.1, -0.05) is 42.5 Å². The minimum Gasteiger partial charge on any atom is -0.490 e. The summed E-state index contributed by atoms with van der Waals surface area (Å²) >= 11 is 0. The van der Waals surface area contributed by atoms with Crippen LogP contribution in [0.3, 0.4) is 0 Å². The Morgan fingerprint density at radius 3 is 2.44 bits per heavy atom. The second-order valence-electron chi connectivity index (χ2n) is 6.10. The summed E-state index contributed by atoms with van der Waals surface area (Å²) in [5, 5.41) is 2.76. The van der Waals surface area contributed by atoms with Crippen molar-refractivity contribution in [1.82, 2.24) is 5.32 Å². The van der Waals surface area contributed by atoms with Crippen molar-refractivity contribution in [3.8, 4) is 5.75 Å². The van der Waals surface area contributed by atoms with Gasteiger partial charge in [0.1, 0.15) is 19.0 Å². The fraction of sp³-hybridized carbons (Fsp3) is 0.273. The van der Waals surface area contributed by atoms with Gasteiger partial charge in [-0.2, -0.15) is 0 Å². The number of aryl methyl sites for hydroxylation is 2. The minimum absolute atomic E-state index is 0.0599. The Hall–Kier alpha value is -3.08. The molecule has 0 aliphatic rings. The smallest absolute Gasteiger partial charge is 0.338 e. The highest BCUT2D eigenvalue weighted by Gasteiger charge is 2.08. The fourth-order valence-electron chi connectivity index (χ4n) is 2.36. The molecule has 0 aliphatic carbocycles. The molecule has 0 spiro atoms. The van der Waals surface area contributed by atoms with E-state index < -0.39 is 5.97 Å². The Kier molecular flexibility index (Phi) is 8.10. The third-order valence-electron chi connectivity index (χ3n) is 3.88. The van der Waals surface area contributed by atoms with Gasteiger partial charge in [0.15, 0.2) is 0 Å². The second-order valence-corrected chi connectivity index (χ2v) is 6.10. The van der Waals surface area contributed by atoms with Crippen molar-refractivity contribution in [2.75, 3.05) is 19.8 Å².